The highest BCUT2D eigenvalue weighted by molar-refractivity contribution is 5.78. The molecule has 0 aliphatic carbocycles. The molecule has 0 aromatic rings. The third-order valence-electron chi connectivity index (χ3n) is 1.54. The van der Waals surface area contributed by atoms with Gasteiger partial charge in [-0.3, -0.25) is 9.59 Å². The maximum atomic E-state index is 10.9. The van der Waals surface area contributed by atoms with Gasteiger partial charge in [0.1, 0.15) is 5.78 Å². The third kappa shape index (κ3) is 5.89. The zero-order valence-corrected chi connectivity index (χ0v) is 7.92. The van der Waals surface area contributed by atoms with Gasteiger partial charge in [0, 0.05) is 19.8 Å². The van der Waals surface area contributed by atoms with E-state index in [1.54, 1.807) is 0 Å². The van der Waals surface area contributed by atoms with E-state index in [-0.39, 0.29) is 17.7 Å². The molecule has 3 nitrogen and oxygen atoms in total. The van der Waals surface area contributed by atoms with Gasteiger partial charge in [-0.25, -0.2) is 0 Å². The highest BCUT2D eigenvalue weighted by Crippen LogP contribution is 2.04. The van der Waals surface area contributed by atoms with Crippen LogP contribution < -0.4 is 0 Å². The summed E-state index contributed by atoms with van der Waals surface area (Å²) in [4.78, 5) is 21.3. The van der Waals surface area contributed by atoms with Crippen LogP contribution in [0.2, 0.25) is 0 Å². The molecule has 0 aliphatic heterocycles. The normalized spacial score (nSPS) is 12.2. The molecule has 0 bridgehead atoms. The summed E-state index contributed by atoms with van der Waals surface area (Å²) < 4.78 is 4.76. The van der Waals surface area contributed by atoms with Crippen LogP contribution >= 0.6 is 0 Å². The zero-order chi connectivity index (χ0) is 9.56. The van der Waals surface area contributed by atoms with Gasteiger partial charge >= 0.3 is 5.97 Å². The van der Waals surface area contributed by atoms with Crippen LogP contribution in [0.4, 0.5) is 0 Å². The van der Waals surface area contributed by atoms with Crippen LogP contribution in [0.15, 0.2) is 0 Å². The van der Waals surface area contributed by atoms with Crippen LogP contribution in [-0.2, 0) is 14.3 Å². The van der Waals surface area contributed by atoms with Crippen molar-refractivity contribution in [3.05, 3.63) is 0 Å². The van der Waals surface area contributed by atoms with E-state index < -0.39 is 0 Å². The van der Waals surface area contributed by atoms with Gasteiger partial charge in [-0.1, -0.05) is 13.8 Å². The standard InChI is InChI=1S/C9H16O3/c1-4-9(11)5-7(2)6-12-8(3)10/h7H,4-6H2,1-3H3. The lowest BCUT2D eigenvalue weighted by molar-refractivity contribution is -0.142. The molecule has 0 rings (SSSR count). The Hall–Kier alpha value is -0.860. The van der Waals surface area contributed by atoms with Crippen molar-refractivity contribution in [3.8, 4) is 0 Å². The van der Waals surface area contributed by atoms with Crippen LogP contribution in [0.1, 0.15) is 33.6 Å². The van der Waals surface area contributed by atoms with E-state index in [0.717, 1.165) is 0 Å². The number of hydrogen-bond donors (Lipinski definition) is 0. The fourth-order valence-electron chi connectivity index (χ4n) is 0.852. The van der Waals surface area contributed by atoms with Gasteiger partial charge in [0.05, 0.1) is 6.61 Å². The van der Waals surface area contributed by atoms with E-state index >= 15 is 0 Å². The predicted molar refractivity (Wildman–Crippen MR) is 45.7 cm³/mol. The lowest BCUT2D eigenvalue weighted by Crippen LogP contribution is -2.12. The van der Waals surface area contributed by atoms with E-state index in [1.807, 2.05) is 13.8 Å². The number of ether oxygens (including phenoxy) is 1. The smallest absolute Gasteiger partial charge is 0.302 e. The number of esters is 1. The molecular weight excluding hydrogens is 156 g/mol. The molecule has 0 fully saturated rings. The maximum absolute atomic E-state index is 10.9. The minimum atomic E-state index is -0.286. The molecule has 1 unspecified atom stereocenters. The Morgan fingerprint density at radius 2 is 2.00 bits per heavy atom. The molecule has 0 spiro atoms. The van der Waals surface area contributed by atoms with Crippen LogP contribution in [0.5, 0.6) is 0 Å². The van der Waals surface area contributed by atoms with Crippen LogP contribution in [0, 0.1) is 5.92 Å². The molecule has 0 N–H and O–H groups in total. The van der Waals surface area contributed by atoms with Crippen molar-refractivity contribution in [3.63, 3.8) is 0 Å². The Labute approximate surface area is 73.1 Å². The van der Waals surface area contributed by atoms with Crippen molar-refractivity contribution in [1.82, 2.24) is 0 Å². The SMILES string of the molecule is CCC(=O)CC(C)COC(C)=O. The van der Waals surface area contributed by atoms with Gasteiger partial charge in [-0.05, 0) is 5.92 Å². The fraction of sp³-hybridized carbons (Fsp3) is 0.778. The number of carbonyl (C=O) groups excluding carboxylic acids is 2. The van der Waals surface area contributed by atoms with Crippen molar-refractivity contribution >= 4 is 11.8 Å². The summed E-state index contributed by atoms with van der Waals surface area (Å²) in [5, 5.41) is 0. The fourth-order valence-corrected chi connectivity index (χ4v) is 0.852. The van der Waals surface area contributed by atoms with E-state index in [0.29, 0.717) is 19.4 Å². The van der Waals surface area contributed by atoms with E-state index in [9.17, 15) is 9.59 Å². The first-order chi connectivity index (χ1) is 5.56. The molecule has 0 aliphatic rings. The topological polar surface area (TPSA) is 43.4 Å². The molecule has 12 heavy (non-hydrogen) atoms. The molecule has 0 aromatic heterocycles. The lowest BCUT2D eigenvalue weighted by Gasteiger charge is -2.08. The molecule has 0 aromatic carbocycles. The summed E-state index contributed by atoms with van der Waals surface area (Å²) in [7, 11) is 0. The summed E-state index contributed by atoms with van der Waals surface area (Å²) >= 11 is 0. The maximum Gasteiger partial charge on any atom is 0.302 e. The van der Waals surface area contributed by atoms with Crippen molar-refractivity contribution < 1.29 is 14.3 Å². The van der Waals surface area contributed by atoms with Crippen molar-refractivity contribution in [1.29, 1.82) is 0 Å². The number of Topliss-reactive ketones (excluding diaryl/α,β-unsaturated/α-hetero) is 1. The quantitative estimate of drug-likeness (QED) is 0.591. The average molecular weight is 172 g/mol. The van der Waals surface area contributed by atoms with Crippen LogP contribution in [0.3, 0.4) is 0 Å². The largest absolute Gasteiger partial charge is 0.466 e. The Morgan fingerprint density at radius 1 is 1.42 bits per heavy atom. The summed E-state index contributed by atoms with van der Waals surface area (Å²) in [5.74, 6) is 0.0711. The second kappa shape index (κ2) is 5.75. The van der Waals surface area contributed by atoms with Gasteiger partial charge in [0.2, 0.25) is 0 Å². The molecular formula is C9H16O3. The second-order valence-electron chi connectivity index (χ2n) is 3.00. The van der Waals surface area contributed by atoms with Gasteiger partial charge in [-0.2, -0.15) is 0 Å². The summed E-state index contributed by atoms with van der Waals surface area (Å²) in [5.41, 5.74) is 0. The zero-order valence-electron chi connectivity index (χ0n) is 7.92. The van der Waals surface area contributed by atoms with Crippen LogP contribution in [0.25, 0.3) is 0 Å². The highest BCUT2D eigenvalue weighted by Gasteiger charge is 2.08. The molecule has 70 valence electrons. The second-order valence-corrected chi connectivity index (χ2v) is 3.00. The Balaban J connectivity index is 3.52. The first-order valence-electron chi connectivity index (χ1n) is 4.21. The summed E-state index contributed by atoms with van der Waals surface area (Å²) in [6, 6.07) is 0. The lowest BCUT2D eigenvalue weighted by atomic mass is 10.0. The van der Waals surface area contributed by atoms with Crippen molar-refractivity contribution in [2.75, 3.05) is 6.61 Å². The van der Waals surface area contributed by atoms with Crippen molar-refractivity contribution in [2.24, 2.45) is 5.92 Å². The Kier molecular flexibility index (Phi) is 5.34. The molecule has 0 saturated heterocycles. The highest BCUT2D eigenvalue weighted by atomic mass is 16.5. The summed E-state index contributed by atoms with van der Waals surface area (Å²) in [6.45, 7) is 5.45. The molecule has 0 radical (unpaired) electrons. The first-order valence-corrected chi connectivity index (χ1v) is 4.21. The van der Waals surface area contributed by atoms with Gasteiger partial charge < -0.3 is 4.74 Å². The number of ketones is 1. The number of rotatable bonds is 5. The molecule has 0 heterocycles. The van der Waals surface area contributed by atoms with E-state index in [4.69, 9.17) is 4.74 Å². The molecule has 0 saturated carbocycles. The predicted octanol–water partition coefficient (Wildman–Crippen LogP) is 1.55. The van der Waals surface area contributed by atoms with Gasteiger partial charge in [0.25, 0.3) is 0 Å². The van der Waals surface area contributed by atoms with Crippen LogP contribution in [-0.4, -0.2) is 18.4 Å². The molecule has 3 heteroatoms. The third-order valence-corrected chi connectivity index (χ3v) is 1.54. The average Bonchev–Trinajstić information content (AvgIpc) is 2.00. The van der Waals surface area contributed by atoms with E-state index in [1.165, 1.54) is 6.92 Å². The minimum absolute atomic E-state index is 0.140. The Bertz CT molecular complexity index is 163. The van der Waals surface area contributed by atoms with Gasteiger partial charge in [0.15, 0.2) is 0 Å². The molecule has 1 atom stereocenters. The monoisotopic (exact) mass is 172 g/mol. The number of carbonyl (C=O) groups is 2. The van der Waals surface area contributed by atoms with Gasteiger partial charge in [-0.15, -0.1) is 0 Å². The van der Waals surface area contributed by atoms with Crippen molar-refractivity contribution in [2.45, 2.75) is 33.6 Å². The summed E-state index contributed by atoms with van der Waals surface area (Å²) in [6.07, 6.45) is 1.06. The molecule has 0 amide bonds. The number of hydrogen-bond acceptors (Lipinski definition) is 3. The minimum Gasteiger partial charge on any atom is -0.466 e. The first kappa shape index (κ1) is 11.1. The Morgan fingerprint density at radius 3 is 2.42 bits per heavy atom. The van der Waals surface area contributed by atoms with E-state index in [2.05, 4.69) is 0 Å².